The molecule has 0 atom stereocenters. The number of rotatable bonds is 4. The third-order valence-electron chi connectivity index (χ3n) is 2.64. The van der Waals surface area contributed by atoms with Crippen molar-refractivity contribution in [1.29, 1.82) is 0 Å². The van der Waals surface area contributed by atoms with Gasteiger partial charge in [-0.25, -0.2) is 8.78 Å². The molecule has 0 aliphatic rings. The fourth-order valence-corrected chi connectivity index (χ4v) is 1.63. The molecule has 0 fully saturated rings. The van der Waals surface area contributed by atoms with Gasteiger partial charge in [0.25, 0.3) is 5.91 Å². The van der Waals surface area contributed by atoms with Crippen molar-refractivity contribution in [3.05, 3.63) is 65.2 Å². The normalized spacial score (nSPS) is 10.2. The second kappa shape index (κ2) is 5.48. The van der Waals surface area contributed by atoms with Crippen molar-refractivity contribution >= 4 is 11.6 Å². The third-order valence-corrected chi connectivity index (χ3v) is 2.64. The second-order valence-electron chi connectivity index (χ2n) is 4.04. The van der Waals surface area contributed by atoms with Gasteiger partial charge in [-0.2, -0.15) is 0 Å². The average Bonchev–Trinajstić information content (AvgIpc) is 2.39. The molecule has 0 aliphatic carbocycles. The molecule has 19 heavy (non-hydrogen) atoms. The predicted molar refractivity (Wildman–Crippen MR) is 68.6 cm³/mol. The standard InChI is InChI=1S/C14H12F2N2O/c15-10-3-1-9(2-4-10)8-18-11-5-6-13(16)12(7-11)14(17)19/h1-7,18H,8H2,(H2,17,19). The van der Waals surface area contributed by atoms with Crippen LogP contribution in [0.4, 0.5) is 14.5 Å². The van der Waals surface area contributed by atoms with Gasteiger partial charge in [-0.05, 0) is 35.9 Å². The van der Waals surface area contributed by atoms with Gasteiger partial charge in [-0.3, -0.25) is 4.79 Å². The molecule has 3 N–H and O–H groups in total. The van der Waals surface area contributed by atoms with Gasteiger partial charge >= 0.3 is 0 Å². The minimum atomic E-state index is -0.817. The Bertz CT molecular complexity index is 597. The minimum Gasteiger partial charge on any atom is -0.381 e. The molecule has 0 spiro atoms. The van der Waals surface area contributed by atoms with Gasteiger partial charge in [0, 0.05) is 12.2 Å². The van der Waals surface area contributed by atoms with Crippen molar-refractivity contribution < 1.29 is 13.6 Å². The van der Waals surface area contributed by atoms with E-state index in [1.165, 1.54) is 30.3 Å². The van der Waals surface area contributed by atoms with Gasteiger partial charge in [0.15, 0.2) is 0 Å². The fourth-order valence-electron chi connectivity index (χ4n) is 1.63. The van der Waals surface area contributed by atoms with E-state index in [0.717, 1.165) is 5.56 Å². The van der Waals surface area contributed by atoms with E-state index in [1.807, 2.05) is 0 Å². The van der Waals surface area contributed by atoms with Gasteiger partial charge in [0.1, 0.15) is 11.6 Å². The Hall–Kier alpha value is -2.43. The molecular formula is C14H12F2N2O. The molecule has 0 aliphatic heterocycles. The monoisotopic (exact) mass is 262 g/mol. The minimum absolute atomic E-state index is 0.163. The van der Waals surface area contributed by atoms with Crippen molar-refractivity contribution in [2.24, 2.45) is 5.73 Å². The molecule has 0 saturated heterocycles. The Balaban J connectivity index is 2.09. The van der Waals surface area contributed by atoms with E-state index >= 15 is 0 Å². The molecule has 0 radical (unpaired) electrons. The Morgan fingerprint density at radius 1 is 1.11 bits per heavy atom. The Morgan fingerprint density at radius 2 is 1.79 bits per heavy atom. The Labute approximate surface area is 109 Å². The first-order chi connectivity index (χ1) is 9.06. The fraction of sp³-hybridized carbons (Fsp3) is 0.0714. The van der Waals surface area contributed by atoms with E-state index in [0.29, 0.717) is 12.2 Å². The zero-order valence-corrected chi connectivity index (χ0v) is 9.99. The smallest absolute Gasteiger partial charge is 0.251 e. The number of benzene rings is 2. The summed E-state index contributed by atoms with van der Waals surface area (Å²) >= 11 is 0. The van der Waals surface area contributed by atoms with Crippen molar-refractivity contribution in [2.45, 2.75) is 6.54 Å². The number of anilines is 1. The van der Waals surface area contributed by atoms with Crippen LogP contribution in [0, 0.1) is 11.6 Å². The quantitative estimate of drug-likeness (QED) is 0.890. The third kappa shape index (κ3) is 3.28. The highest BCUT2D eigenvalue weighted by molar-refractivity contribution is 5.94. The summed E-state index contributed by atoms with van der Waals surface area (Å²) in [5.74, 6) is -1.77. The van der Waals surface area contributed by atoms with Crippen LogP contribution in [0.1, 0.15) is 15.9 Å². The van der Waals surface area contributed by atoms with Crippen LogP contribution in [0.3, 0.4) is 0 Å². The topological polar surface area (TPSA) is 55.1 Å². The Morgan fingerprint density at radius 3 is 2.42 bits per heavy atom. The zero-order chi connectivity index (χ0) is 13.8. The van der Waals surface area contributed by atoms with Crippen LogP contribution < -0.4 is 11.1 Å². The molecule has 0 heterocycles. The largest absolute Gasteiger partial charge is 0.381 e. The van der Waals surface area contributed by atoms with E-state index < -0.39 is 11.7 Å². The van der Waals surface area contributed by atoms with Crippen molar-refractivity contribution in [1.82, 2.24) is 0 Å². The maximum atomic E-state index is 13.3. The van der Waals surface area contributed by atoms with Crippen LogP contribution in [0.5, 0.6) is 0 Å². The lowest BCUT2D eigenvalue weighted by Gasteiger charge is -2.08. The molecule has 0 unspecified atom stereocenters. The highest BCUT2D eigenvalue weighted by atomic mass is 19.1. The van der Waals surface area contributed by atoms with Crippen LogP contribution in [0.25, 0.3) is 0 Å². The SMILES string of the molecule is NC(=O)c1cc(NCc2ccc(F)cc2)ccc1F. The number of nitrogens with two attached hydrogens (primary N) is 1. The summed E-state index contributed by atoms with van der Waals surface area (Å²) in [5.41, 5.74) is 6.33. The van der Waals surface area contributed by atoms with Crippen LogP contribution in [-0.2, 0) is 6.54 Å². The van der Waals surface area contributed by atoms with E-state index in [-0.39, 0.29) is 11.4 Å². The first kappa shape index (κ1) is 13.0. The van der Waals surface area contributed by atoms with E-state index in [1.54, 1.807) is 12.1 Å². The van der Waals surface area contributed by atoms with Gasteiger partial charge in [0.05, 0.1) is 5.56 Å². The molecule has 98 valence electrons. The highest BCUT2D eigenvalue weighted by Gasteiger charge is 2.08. The molecule has 0 bridgehead atoms. The number of amides is 1. The van der Waals surface area contributed by atoms with Crippen LogP contribution in [-0.4, -0.2) is 5.91 Å². The van der Waals surface area contributed by atoms with E-state index in [4.69, 9.17) is 5.73 Å². The molecule has 5 heteroatoms. The summed E-state index contributed by atoms with van der Waals surface area (Å²) < 4.78 is 26.0. The zero-order valence-electron chi connectivity index (χ0n) is 9.99. The number of carbonyl (C=O) groups is 1. The lowest BCUT2D eigenvalue weighted by Crippen LogP contribution is -2.13. The van der Waals surface area contributed by atoms with Crippen molar-refractivity contribution in [2.75, 3.05) is 5.32 Å². The summed E-state index contributed by atoms with van der Waals surface area (Å²) in [6, 6.07) is 10.0. The molecule has 2 rings (SSSR count). The summed E-state index contributed by atoms with van der Waals surface area (Å²) in [6.45, 7) is 0.435. The molecule has 3 nitrogen and oxygen atoms in total. The maximum Gasteiger partial charge on any atom is 0.251 e. The summed E-state index contributed by atoms with van der Waals surface area (Å²) in [7, 11) is 0. The number of primary amides is 1. The number of nitrogens with one attached hydrogen (secondary N) is 1. The van der Waals surface area contributed by atoms with Crippen LogP contribution >= 0.6 is 0 Å². The summed E-state index contributed by atoms with van der Waals surface area (Å²) in [5, 5.41) is 3.01. The number of hydrogen-bond acceptors (Lipinski definition) is 2. The summed E-state index contributed by atoms with van der Waals surface area (Å²) in [4.78, 5) is 11.0. The number of carbonyl (C=O) groups excluding carboxylic acids is 1. The van der Waals surface area contributed by atoms with Crippen LogP contribution in [0.2, 0.25) is 0 Å². The summed E-state index contributed by atoms with van der Waals surface area (Å²) in [6.07, 6.45) is 0. The average molecular weight is 262 g/mol. The van der Waals surface area contributed by atoms with Gasteiger partial charge < -0.3 is 11.1 Å². The molecule has 2 aromatic carbocycles. The number of hydrogen-bond donors (Lipinski definition) is 2. The molecular weight excluding hydrogens is 250 g/mol. The van der Waals surface area contributed by atoms with Gasteiger partial charge in [0.2, 0.25) is 0 Å². The Kier molecular flexibility index (Phi) is 3.75. The first-order valence-corrected chi connectivity index (χ1v) is 5.64. The first-order valence-electron chi connectivity index (χ1n) is 5.64. The van der Waals surface area contributed by atoms with Crippen LogP contribution in [0.15, 0.2) is 42.5 Å². The molecule has 0 aromatic heterocycles. The molecule has 0 saturated carbocycles. The lowest BCUT2D eigenvalue weighted by atomic mass is 10.1. The van der Waals surface area contributed by atoms with Crippen molar-refractivity contribution in [3.8, 4) is 0 Å². The van der Waals surface area contributed by atoms with E-state index in [2.05, 4.69) is 5.32 Å². The van der Waals surface area contributed by atoms with Gasteiger partial charge in [-0.1, -0.05) is 12.1 Å². The number of halogens is 2. The van der Waals surface area contributed by atoms with Gasteiger partial charge in [-0.15, -0.1) is 0 Å². The molecule has 1 amide bonds. The highest BCUT2D eigenvalue weighted by Crippen LogP contribution is 2.15. The molecule has 2 aromatic rings. The maximum absolute atomic E-state index is 13.3. The predicted octanol–water partition coefficient (Wildman–Crippen LogP) is 2.68. The van der Waals surface area contributed by atoms with Crippen molar-refractivity contribution in [3.63, 3.8) is 0 Å². The lowest BCUT2D eigenvalue weighted by molar-refractivity contribution is 0.0996. The second-order valence-corrected chi connectivity index (χ2v) is 4.04. The van der Waals surface area contributed by atoms with E-state index in [9.17, 15) is 13.6 Å².